The molecule has 0 aliphatic rings. The van der Waals surface area contributed by atoms with Crippen LogP contribution in [0.2, 0.25) is 0 Å². The first-order chi connectivity index (χ1) is 6.92. The maximum Gasteiger partial charge on any atom is 0.0305 e. The number of rotatable bonds is 2. The first-order valence-corrected chi connectivity index (χ1v) is 4.75. The van der Waals surface area contributed by atoms with E-state index in [-0.39, 0.29) is 0 Å². The second-order valence-corrected chi connectivity index (χ2v) is 3.12. The summed E-state index contributed by atoms with van der Waals surface area (Å²) in [6.07, 6.45) is 8.39. The lowest BCUT2D eigenvalue weighted by atomic mass is 10.0. The van der Waals surface area contributed by atoms with E-state index in [4.69, 9.17) is 0 Å². The van der Waals surface area contributed by atoms with E-state index in [1.54, 1.807) is 0 Å². The van der Waals surface area contributed by atoms with Crippen LogP contribution in [0, 0.1) is 0 Å². The molecule has 0 aliphatic heterocycles. The molecule has 2 aromatic heterocycles. The fourth-order valence-corrected chi connectivity index (χ4v) is 1.52. The van der Waals surface area contributed by atoms with Gasteiger partial charge in [-0.25, -0.2) is 0 Å². The minimum atomic E-state index is 1.01. The monoisotopic (exact) mass is 184 g/mol. The lowest BCUT2D eigenvalue weighted by Crippen LogP contribution is -1.88. The van der Waals surface area contributed by atoms with Gasteiger partial charge in [-0.05, 0) is 41.3 Å². The Balaban J connectivity index is 2.51. The third-order valence-corrected chi connectivity index (χ3v) is 2.28. The minimum absolute atomic E-state index is 1.01. The van der Waals surface area contributed by atoms with Crippen LogP contribution in [0.3, 0.4) is 0 Å². The molecule has 0 bridgehead atoms. The average Bonchev–Trinajstić information content (AvgIpc) is 2.30. The van der Waals surface area contributed by atoms with Gasteiger partial charge >= 0.3 is 0 Å². The van der Waals surface area contributed by atoms with E-state index in [0.29, 0.717) is 0 Å². The van der Waals surface area contributed by atoms with Crippen molar-refractivity contribution in [3.05, 3.63) is 48.5 Å². The second kappa shape index (κ2) is 4.01. The van der Waals surface area contributed by atoms with Crippen molar-refractivity contribution in [2.75, 3.05) is 0 Å². The molecule has 2 heteroatoms. The predicted molar refractivity (Wildman–Crippen MR) is 56.8 cm³/mol. The largest absolute Gasteiger partial charge is 0.265 e. The standard InChI is InChI=1S/C12H12N2/c1-2-10-9-14-8-5-12(10)11-3-6-13-7-4-11/h3-9H,2H2,1H3. The quantitative estimate of drug-likeness (QED) is 0.717. The van der Waals surface area contributed by atoms with E-state index < -0.39 is 0 Å². The Morgan fingerprint density at radius 2 is 1.71 bits per heavy atom. The Labute approximate surface area is 83.7 Å². The molecule has 0 amide bonds. The van der Waals surface area contributed by atoms with Gasteiger partial charge in [-0.1, -0.05) is 6.92 Å². The summed E-state index contributed by atoms with van der Waals surface area (Å²) in [5, 5.41) is 0. The van der Waals surface area contributed by atoms with Gasteiger partial charge in [-0.15, -0.1) is 0 Å². The lowest BCUT2D eigenvalue weighted by Gasteiger charge is -2.05. The van der Waals surface area contributed by atoms with Crippen LogP contribution in [0.15, 0.2) is 43.0 Å². The van der Waals surface area contributed by atoms with Gasteiger partial charge in [0.25, 0.3) is 0 Å². The molecule has 0 saturated carbocycles. The molecule has 0 aliphatic carbocycles. The summed E-state index contributed by atoms with van der Waals surface area (Å²) in [6, 6.07) is 6.09. The van der Waals surface area contributed by atoms with Crippen LogP contribution < -0.4 is 0 Å². The fourth-order valence-electron chi connectivity index (χ4n) is 1.52. The van der Waals surface area contributed by atoms with Crippen LogP contribution in [0.1, 0.15) is 12.5 Å². The Hall–Kier alpha value is -1.70. The molecule has 0 fully saturated rings. The molecule has 0 unspecified atom stereocenters. The first kappa shape index (κ1) is 8.88. The van der Waals surface area contributed by atoms with Gasteiger partial charge in [-0.2, -0.15) is 0 Å². The fraction of sp³-hybridized carbons (Fsp3) is 0.167. The molecular formula is C12H12N2. The molecule has 2 aromatic rings. The van der Waals surface area contributed by atoms with E-state index in [2.05, 4.69) is 16.9 Å². The van der Waals surface area contributed by atoms with Crippen molar-refractivity contribution in [3.8, 4) is 11.1 Å². The number of aryl methyl sites for hydroxylation is 1. The number of nitrogens with zero attached hydrogens (tertiary/aromatic N) is 2. The highest BCUT2D eigenvalue weighted by atomic mass is 14.6. The molecule has 2 heterocycles. The zero-order chi connectivity index (χ0) is 9.80. The summed E-state index contributed by atoms with van der Waals surface area (Å²) in [4.78, 5) is 8.14. The van der Waals surface area contributed by atoms with E-state index in [0.717, 1.165) is 6.42 Å². The third-order valence-electron chi connectivity index (χ3n) is 2.28. The zero-order valence-corrected chi connectivity index (χ0v) is 8.14. The molecule has 0 aromatic carbocycles. The summed E-state index contributed by atoms with van der Waals surface area (Å²) in [5.41, 5.74) is 3.74. The van der Waals surface area contributed by atoms with Gasteiger partial charge in [0.15, 0.2) is 0 Å². The van der Waals surface area contributed by atoms with Crippen LogP contribution in [0.5, 0.6) is 0 Å². The Morgan fingerprint density at radius 3 is 2.43 bits per heavy atom. The van der Waals surface area contributed by atoms with Crippen molar-refractivity contribution in [1.29, 1.82) is 0 Å². The molecule has 0 saturated heterocycles. The van der Waals surface area contributed by atoms with Crippen molar-refractivity contribution >= 4 is 0 Å². The number of aromatic nitrogens is 2. The average molecular weight is 184 g/mol. The molecule has 2 rings (SSSR count). The second-order valence-electron chi connectivity index (χ2n) is 3.12. The topological polar surface area (TPSA) is 25.8 Å². The van der Waals surface area contributed by atoms with Crippen LogP contribution in [0.4, 0.5) is 0 Å². The highest BCUT2D eigenvalue weighted by Crippen LogP contribution is 2.21. The van der Waals surface area contributed by atoms with Crippen molar-refractivity contribution in [3.63, 3.8) is 0 Å². The smallest absolute Gasteiger partial charge is 0.0305 e. The summed E-state index contributed by atoms with van der Waals surface area (Å²) < 4.78 is 0. The van der Waals surface area contributed by atoms with Gasteiger partial charge in [0, 0.05) is 24.8 Å². The van der Waals surface area contributed by atoms with Crippen molar-refractivity contribution in [2.45, 2.75) is 13.3 Å². The van der Waals surface area contributed by atoms with Crippen LogP contribution >= 0.6 is 0 Å². The Kier molecular flexibility index (Phi) is 2.54. The van der Waals surface area contributed by atoms with E-state index in [9.17, 15) is 0 Å². The zero-order valence-electron chi connectivity index (χ0n) is 8.14. The van der Waals surface area contributed by atoms with Gasteiger partial charge in [0.1, 0.15) is 0 Å². The lowest BCUT2D eigenvalue weighted by molar-refractivity contribution is 1.11. The van der Waals surface area contributed by atoms with Crippen LogP contribution in [-0.4, -0.2) is 9.97 Å². The minimum Gasteiger partial charge on any atom is -0.265 e. The van der Waals surface area contributed by atoms with E-state index in [1.165, 1.54) is 16.7 Å². The molecular weight excluding hydrogens is 172 g/mol. The highest BCUT2D eigenvalue weighted by molar-refractivity contribution is 5.65. The third kappa shape index (κ3) is 1.64. The predicted octanol–water partition coefficient (Wildman–Crippen LogP) is 2.71. The van der Waals surface area contributed by atoms with Crippen LogP contribution in [0.25, 0.3) is 11.1 Å². The molecule has 0 atom stereocenters. The van der Waals surface area contributed by atoms with Crippen LogP contribution in [-0.2, 0) is 6.42 Å². The number of hydrogen-bond acceptors (Lipinski definition) is 2. The summed E-state index contributed by atoms with van der Waals surface area (Å²) in [5.74, 6) is 0. The van der Waals surface area contributed by atoms with Gasteiger partial charge < -0.3 is 0 Å². The SMILES string of the molecule is CCc1cnccc1-c1ccncc1. The molecule has 0 spiro atoms. The van der Waals surface area contributed by atoms with E-state index >= 15 is 0 Å². The number of hydrogen-bond donors (Lipinski definition) is 0. The molecule has 0 N–H and O–H groups in total. The van der Waals surface area contributed by atoms with Crippen molar-refractivity contribution < 1.29 is 0 Å². The van der Waals surface area contributed by atoms with Gasteiger partial charge in [0.05, 0.1) is 0 Å². The first-order valence-electron chi connectivity index (χ1n) is 4.75. The highest BCUT2D eigenvalue weighted by Gasteiger charge is 2.01. The van der Waals surface area contributed by atoms with E-state index in [1.807, 2.05) is 43.0 Å². The Bertz CT molecular complexity index is 410. The maximum atomic E-state index is 4.13. The number of pyridine rings is 2. The maximum absolute atomic E-state index is 4.13. The van der Waals surface area contributed by atoms with Gasteiger partial charge in [0.2, 0.25) is 0 Å². The molecule has 70 valence electrons. The van der Waals surface area contributed by atoms with Crippen molar-refractivity contribution in [2.24, 2.45) is 0 Å². The normalized spacial score (nSPS) is 10.1. The summed E-state index contributed by atoms with van der Waals surface area (Å²) in [6.45, 7) is 2.14. The molecule has 2 nitrogen and oxygen atoms in total. The molecule has 14 heavy (non-hydrogen) atoms. The Morgan fingerprint density at radius 1 is 1.00 bits per heavy atom. The van der Waals surface area contributed by atoms with Crippen molar-refractivity contribution in [1.82, 2.24) is 9.97 Å². The van der Waals surface area contributed by atoms with Gasteiger partial charge in [-0.3, -0.25) is 9.97 Å². The summed E-state index contributed by atoms with van der Waals surface area (Å²) >= 11 is 0. The summed E-state index contributed by atoms with van der Waals surface area (Å²) in [7, 11) is 0. The molecule has 0 radical (unpaired) electrons.